The lowest BCUT2D eigenvalue weighted by atomic mass is 10.5. The fourth-order valence-electron chi connectivity index (χ4n) is 1.38. The largest absolute Gasteiger partial charge is 0.362 e. The van der Waals surface area contributed by atoms with Crippen LogP contribution in [-0.4, -0.2) is 21.1 Å². The second-order valence-corrected chi connectivity index (χ2v) is 5.50. The van der Waals surface area contributed by atoms with Gasteiger partial charge in [0.25, 0.3) is 5.56 Å². The Morgan fingerprint density at radius 1 is 1.56 bits per heavy atom. The van der Waals surface area contributed by atoms with Crippen LogP contribution >= 0.6 is 27.3 Å². The van der Waals surface area contributed by atoms with Gasteiger partial charge in [-0.05, 0) is 22.9 Å². The molecular weight excluding hydrogens is 320 g/mol. The van der Waals surface area contributed by atoms with Crippen LogP contribution in [0.3, 0.4) is 0 Å². The number of aromatic nitrogens is 3. The lowest BCUT2D eigenvalue weighted by Gasteiger charge is -2.02. The van der Waals surface area contributed by atoms with Crippen molar-refractivity contribution in [3.8, 4) is 0 Å². The average molecular weight is 331 g/mol. The summed E-state index contributed by atoms with van der Waals surface area (Å²) in [6, 6.07) is 0. The zero-order valence-corrected chi connectivity index (χ0v) is 12.0. The highest BCUT2D eigenvalue weighted by Crippen LogP contribution is 2.18. The van der Waals surface area contributed by atoms with E-state index < -0.39 is 11.2 Å². The highest BCUT2D eigenvalue weighted by molar-refractivity contribution is 9.10. The summed E-state index contributed by atoms with van der Waals surface area (Å²) in [5.41, 5.74) is -0.851. The van der Waals surface area contributed by atoms with Crippen molar-refractivity contribution in [2.24, 2.45) is 0 Å². The number of anilines is 1. The average Bonchev–Trinajstić information content (AvgIpc) is 2.74. The molecule has 0 aromatic carbocycles. The Labute approximate surface area is 115 Å². The van der Waals surface area contributed by atoms with E-state index in [9.17, 15) is 9.59 Å². The van der Waals surface area contributed by atoms with Crippen LogP contribution in [0.5, 0.6) is 0 Å². The van der Waals surface area contributed by atoms with Crippen molar-refractivity contribution in [2.75, 3.05) is 11.9 Å². The van der Waals surface area contributed by atoms with E-state index in [1.807, 2.05) is 6.92 Å². The van der Waals surface area contributed by atoms with Gasteiger partial charge in [-0.15, -0.1) is 11.3 Å². The summed E-state index contributed by atoms with van der Waals surface area (Å²) < 4.78 is 1.76. The fraction of sp³-hybridized carbons (Fsp3) is 0.300. The normalized spacial score (nSPS) is 10.6. The number of halogens is 1. The molecule has 0 fully saturated rings. The van der Waals surface area contributed by atoms with Gasteiger partial charge in [-0.1, -0.05) is 0 Å². The van der Waals surface area contributed by atoms with Crippen LogP contribution in [0.25, 0.3) is 0 Å². The molecule has 0 aliphatic heterocycles. The lowest BCUT2D eigenvalue weighted by Crippen LogP contribution is -2.29. The van der Waals surface area contributed by atoms with Crippen LogP contribution in [0.4, 0.5) is 5.13 Å². The number of hydrogen-bond acceptors (Lipinski definition) is 5. The minimum absolute atomic E-state index is 0.332. The predicted octanol–water partition coefficient (Wildman–Crippen LogP) is 1.24. The topological polar surface area (TPSA) is 79.8 Å². The summed E-state index contributed by atoms with van der Waals surface area (Å²) in [6.07, 6.45) is 3.20. The summed E-state index contributed by atoms with van der Waals surface area (Å²) in [5, 5.41) is 3.92. The second-order valence-electron chi connectivity index (χ2n) is 3.53. The molecule has 2 N–H and O–H groups in total. The first-order chi connectivity index (χ1) is 8.60. The Bertz CT molecular complexity index is 660. The van der Waals surface area contributed by atoms with Crippen molar-refractivity contribution >= 4 is 32.4 Å². The highest BCUT2D eigenvalue weighted by atomic mass is 79.9. The Balaban J connectivity index is 2.25. The van der Waals surface area contributed by atoms with Crippen molar-refractivity contribution in [3.05, 3.63) is 42.6 Å². The van der Waals surface area contributed by atoms with Gasteiger partial charge in [-0.25, -0.2) is 9.78 Å². The van der Waals surface area contributed by atoms with Crippen molar-refractivity contribution in [1.29, 1.82) is 0 Å². The molecular formula is C10H11BrN4O2S. The molecule has 0 saturated heterocycles. The van der Waals surface area contributed by atoms with Gasteiger partial charge in [-0.3, -0.25) is 14.3 Å². The molecule has 96 valence electrons. The van der Waals surface area contributed by atoms with E-state index in [0.29, 0.717) is 11.0 Å². The van der Waals surface area contributed by atoms with Gasteiger partial charge in [0.05, 0.1) is 11.0 Å². The van der Waals surface area contributed by atoms with Gasteiger partial charge in [0.1, 0.15) is 0 Å². The van der Waals surface area contributed by atoms with Crippen molar-refractivity contribution in [3.63, 3.8) is 0 Å². The van der Waals surface area contributed by atoms with Crippen LogP contribution in [0.1, 0.15) is 11.8 Å². The molecule has 0 radical (unpaired) electrons. The van der Waals surface area contributed by atoms with E-state index in [2.05, 4.69) is 31.2 Å². The maximum absolute atomic E-state index is 11.6. The minimum Gasteiger partial charge on any atom is -0.362 e. The quantitative estimate of drug-likeness (QED) is 0.883. The molecule has 2 rings (SSSR count). The number of aromatic amines is 1. The number of thiazole rings is 1. The van der Waals surface area contributed by atoms with Crippen LogP contribution in [0, 0.1) is 0 Å². The summed E-state index contributed by atoms with van der Waals surface area (Å²) in [5.74, 6) is 0. The summed E-state index contributed by atoms with van der Waals surface area (Å²) in [4.78, 5) is 30.1. The Morgan fingerprint density at radius 2 is 2.33 bits per heavy atom. The number of H-pyrrole nitrogens is 1. The van der Waals surface area contributed by atoms with Crippen molar-refractivity contribution in [1.82, 2.24) is 14.5 Å². The number of nitrogens with zero attached hydrogens (tertiary/aromatic N) is 2. The van der Waals surface area contributed by atoms with Gasteiger partial charge in [0.15, 0.2) is 5.13 Å². The third-order valence-electron chi connectivity index (χ3n) is 2.18. The van der Waals surface area contributed by atoms with Gasteiger partial charge in [-0.2, -0.15) is 0 Å². The third kappa shape index (κ3) is 2.88. The minimum atomic E-state index is -0.429. The molecule has 0 unspecified atom stereocenters. The van der Waals surface area contributed by atoms with Crippen molar-refractivity contribution in [2.45, 2.75) is 13.5 Å². The van der Waals surface area contributed by atoms with E-state index in [1.165, 1.54) is 22.1 Å². The van der Waals surface area contributed by atoms with Crippen LogP contribution in [0.2, 0.25) is 0 Å². The SMILES string of the molecule is CCNc1ncc(Cn2cc(Br)c(=O)[nH]c2=O)s1. The van der Waals surface area contributed by atoms with Gasteiger partial charge in [0.2, 0.25) is 0 Å². The Morgan fingerprint density at radius 3 is 3.06 bits per heavy atom. The van der Waals surface area contributed by atoms with E-state index in [0.717, 1.165) is 16.6 Å². The maximum Gasteiger partial charge on any atom is 0.328 e. The third-order valence-corrected chi connectivity index (χ3v) is 3.68. The van der Waals surface area contributed by atoms with Crippen LogP contribution in [-0.2, 0) is 6.54 Å². The molecule has 18 heavy (non-hydrogen) atoms. The molecule has 0 saturated carbocycles. The Kier molecular flexibility index (Phi) is 3.97. The highest BCUT2D eigenvalue weighted by Gasteiger charge is 2.05. The second kappa shape index (κ2) is 5.49. The molecule has 2 aromatic heterocycles. The molecule has 0 spiro atoms. The van der Waals surface area contributed by atoms with Crippen molar-refractivity contribution < 1.29 is 0 Å². The standard InChI is InChI=1S/C10H11BrN4O2S/c1-2-12-9-13-3-6(18-9)4-15-5-7(11)8(16)14-10(15)17/h3,5H,2,4H2,1H3,(H,12,13)(H,14,16,17). The van der Waals surface area contributed by atoms with Gasteiger partial charge < -0.3 is 5.32 Å². The molecule has 8 heteroatoms. The number of rotatable bonds is 4. The molecule has 0 atom stereocenters. The van der Waals surface area contributed by atoms with E-state index in [1.54, 1.807) is 6.20 Å². The lowest BCUT2D eigenvalue weighted by molar-refractivity contribution is 0.723. The Hall–Kier alpha value is -1.41. The first-order valence-electron chi connectivity index (χ1n) is 5.28. The fourth-order valence-corrected chi connectivity index (χ4v) is 2.61. The molecule has 2 aromatic rings. The van der Waals surface area contributed by atoms with Crippen LogP contribution in [0.15, 0.2) is 26.5 Å². The van der Waals surface area contributed by atoms with Gasteiger partial charge in [0, 0.05) is 23.8 Å². The van der Waals surface area contributed by atoms with E-state index >= 15 is 0 Å². The van der Waals surface area contributed by atoms with Gasteiger partial charge >= 0.3 is 5.69 Å². The first kappa shape index (κ1) is 13.0. The summed E-state index contributed by atoms with van der Waals surface area (Å²) >= 11 is 4.58. The number of nitrogens with one attached hydrogen (secondary N) is 2. The molecule has 6 nitrogen and oxygen atoms in total. The number of hydrogen-bond donors (Lipinski definition) is 2. The molecule has 2 heterocycles. The molecule has 0 bridgehead atoms. The molecule has 0 aliphatic rings. The van der Waals surface area contributed by atoms with Crippen LogP contribution < -0.4 is 16.6 Å². The zero-order chi connectivity index (χ0) is 13.1. The first-order valence-corrected chi connectivity index (χ1v) is 6.89. The monoisotopic (exact) mass is 330 g/mol. The maximum atomic E-state index is 11.6. The van der Waals surface area contributed by atoms with E-state index in [4.69, 9.17) is 0 Å². The smallest absolute Gasteiger partial charge is 0.328 e. The molecule has 0 aliphatic carbocycles. The predicted molar refractivity (Wildman–Crippen MR) is 74.4 cm³/mol. The molecule has 0 amide bonds. The zero-order valence-electron chi connectivity index (χ0n) is 9.57. The van der Waals surface area contributed by atoms with E-state index in [-0.39, 0.29) is 0 Å². The summed E-state index contributed by atoms with van der Waals surface area (Å²) in [6.45, 7) is 3.18. The summed E-state index contributed by atoms with van der Waals surface area (Å²) in [7, 11) is 0.